The number of nitrogens with zero attached hydrogens (tertiary/aromatic N) is 2. The van der Waals surface area contributed by atoms with E-state index in [0.29, 0.717) is 13.1 Å². The zero-order valence-electron chi connectivity index (χ0n) is 15.6. The van der Waals surface area contributed by atoms with Crippen molar-refractivity contribution in [2.24, 2.45) is 0 Å². The topological polar surface area (TPSA) is 90.0 Å². The molecule has 0 saturated carbocycles. The van der Waals surface area contributed by atoms with Gasteiger partial charge in [-0.05, 0) is 32.3 Å². The highest BCUT2D eigenvalue weighted by Gasteiger charge is 2.40. The van der Waals surface area contributed by atoms with Gasteiger partial charge in [-0.1, -0.05) is 6.07 Å². The van der Waals surface area contributed by atoms with Crippen LogP contribution >= 0.6 is 0 Å². The van der Waals surface area contributed by atoms with Crippen LogP contribution < -0.4 is 5.32 Å². The normalized spacial score (nSPS) is 22.0. The summed E-state index contributed by atoms with van der Waals surface area (Å²) in [6.45, 7) is 0.585. The molecule has 1 aromatic carbocycles. The Labute approximate surface area is 162 Å². The molecule has 1 saturated heterocycles. The molecule has 0 bridgehead atoms. The molecule has 0 spiro atoms. The molecule has 1 fully saturated rings. The van der Waals surface area contributed by atoms with Crippen LogP contribution in [0.25, 0.3) is 0 Å². The lowest BCUT2D eigenvalue weighted by Gasteiger charge is -2.30. The number of anilines is 1. The van der Waals surface area contributed by atoms with Crippen molar-refractivity contribution in [3.8, 4) is 0 Å². The number of carbonyl (C=O) groups excluding carboxylic acids is 1. The van der Waals surface area contributed by atoms with Crippen LogP contribution in [-0.2, 0) is 20.8 Å². The van der Waals surface area contributed by atoms with E-state index in [-0.39, 0.29) is 23.7 Å². The number of sulfone groups is 1. The maximum atomic E-state index is 12.8. The molecule has 0 radical (unpaired) electrons. The fourth-order valence-corrected chi connectivity index (χ4v) is 4.84. The zero-order chi connectivity index (χ0) is 21.1. The molecule has 2 atom stereocenters. The molecule has 7 nitrogen and oxygen atoms in total. The Morgan fingerprint density at radius 3 is 2.46 bits per heavy atom. The van der Waals surface area contributed by atoms with Gasteiger partial charge in [0.2, 0.25) is 5.91 Å². The van der Waals surface area contributed by atoms with E-state index < -0.39 is 39.6 Å². The average Bonchev–Trinajstić information content (AvgIpc) is 2.83. The molecule has 1 amide bonds. The molecule has 158 valence electrons. The van der Waals surface area contributed by atoms with Crippen molar-refractivity contribution in [3.63, 3.8) is 0 Å². The highest BCUT2D eigenvalue weighted by molar-refractivity contribution is 7.91. The number of amides is 1. The molecule has 1 aliphatic rings. The molecule has 11 heteroatoms. The number of carbonyl (C=O) groups is 1. The first-order valence-corrected chi connectivity index (χ1v) is 10.4. The van der Waals surface area contributed by atoms with E-state index in [9.17, 15) is 31.5 Å². The molecule has 1 heterocycles. The summed E-state index contributed by atoms with van der Waals surface area (Å²) in [4.78, 5) is 15.8. The summed E-state index contributed by atoms with van der Waals surface area (Å²) >= 11 is 0. The highest BCUT2D eigenvalue weighted by atomic mass is 32.2. The second kappa shape index (κ2) is 8.76. The number of rotatable bonds is 7. The standard InChI is InChI=1S/C17H24F3N3O4S/c1-22(2)6-7-23(14-10-28(26,27)11-15(14)24)9-16(25)21-13-5-3-4-12(8-13)17(18,19)20/h3-5,8,14-15,24H,6-7,9-11H2,1-2H3,(H,21,25). The first-order valence-electron chi connectivity index (χ1n) is 8.62. The van der Waals surface area contributed by atoms with Crippen LogP contribution in [0.4, 0.5) is 18.9 Å². The first kappa shape index (κ1) is 22.6. The summed E-state index contributed by atoms with van der Waals surface area (Å²) in [5.74, 6) is -1.22. The van der Waals surface area contributed by atoms with Crippen molar-refractivity contribution in [1.82, 2.24) is 9.80 Å². The van der Waals surface area contributed by atoms with E-state index >= 15 is 0 Å². The van der Waals surface area contributed by atoms with Gasteiger partial charge < -0.3 is 15.3 Å². The van der Waals surface area contributed by atoms with Crippen LogP contribution in [0, 0.1) is 0 Å². The number of aliphatic hydroxyl groups is 1. The fraction of sp³-hybridized carbons (Fsp3) is 0.588. The summed E-state index contributed by atoms with van der Waals surface area (Å²) in [6, 6.07) is 3.52. The van der Waals surface area contributed by atoms with Crippen molar-refractivity contribution < 1.29 is 31.5 Å². The molecular weight excluding hydrogens is 399 g/mol. The lowest BCUT2D eigenvalue weighted by Crippen LogP contribution is -2.49. The number of nitrogens with one attached hydrogen (secondary N) is 1. The Hall–Kier alpha value is -1.69. The number of hydrogen-bond acceptors (Lipinski definition) is 6. The van der Waals surface area contributed by atoms with Crippen LogP contribution in [0.1, 0.15) is 5.56 Å². The molecule has 2 N–H and O–H groups in total. The average molecular weight is 423 g/mol. The van der Waals surface area contributed by atoms with Gasteiger partial charge in [-0.15, -0.1) is 0 Å². The molecule has 1 aromatic rings. The fourth-order valence-electron chi connectivity index (χ4n) is 3.01. The van der Waals surface area contributed by atoms with Gasteiger partial charge in [-0.2, -0.15) is 13.2 Å². The Balaban J connectivity index is 2.10. The summed E-state index contributed by atoms with van der Waals surface area (Å²) in [5, 5.41) is 12.5. The van der Waals surface area contributed by atoms with E-state index in [2.05, 4.69) is 5.32 Å². The van der Waals surface area contributed by atoms with E-state index in [1.54, 1.807) is 4.90 Å². The van der Waals surface area contributed by atoms with Crippen molar-refractivity contribution in [1.29, 1.82) is 0 Å². The minimum absolute atomic E-state index is 0.00743. The maximum Gasteiger partial charge on any atom is 0.416 e. The van der Waals surface area contributed by atoms with E-state index in [0.717, 1.165) is 12.1 Å². The summed E-state index contributed by atoms with van der Waals surface area (Å²) < 4.78 is 62.0. The number of aliphatic hydroxyl groups excluding tert-OH is 1. The predicted molar refractivity (Wildman–Crippen MR) is 98.6 cm³/mol. The van der Waals surface area contributed by atoms with Gasteiger partial charge in [0.15, 0.2) is 9.84 Å². The third-order valence-electron chi connectivity index (χ3n) is 4.42. The molecule has 2 rings (SSSR count). The van der Waals surface area contributed by atoms with Crippen LogP contribution in [0.15, 0.2) is 24.3 Å². The number of likely N-dealkylation sites (N-methyl/N-ethyl adjacent to an activating group) is 1. The maximum absolute atomic E-state index is 12.8. The van der Waals surface area contributed by atoms with Gasteiger partial charge in [-0.25, -0.2) is 8.42 Å². The van der Waals surface area contributed by atoms with Crippen molar-refractivity contribution in [3.05, 3.63) is 29.8 Å². The number of halogens is 3. The highest BCUT2D eigenvalue weighted by Crippen LogP contribution is 2.30. The minimum atomic E-state index is -4.53. The largest absolute Gasteiger partial charge is 0.416 e. The van der Waals surface area contributed by atoms with Gasteiger partial charge in [0, 0.05) is 18.8 Å². The van der Waals surface area contributed by atoms with Gasteiger partial charge in [0.1, 0.15) is 0 Å². The lowest BCUT2D eigenvalue weighted by atomic mass is 10.1. The summed E-state index contributed by atoms with van der Waals surface area (Å²) in [7, 11) is 0.210. The molecule has 0 aliphatic carbocycles. The van der Waals surface area contributed by atoms with Gasteiger partial charge >= 0.3 is 6.18 Å². The van der Waals surface area contributed by atoms with Crippen LogP contribution in [0.5, 0.6) is 0 Å². The Kier molecular flexibility index (Phi) is 7.07. The van der Waals surface area contributed by atoms with E-state index in [4.69, 9.17) is 0 Å². The second-order valence-corrected chi connectivity index (χ2v) is 9.27. The van der Waals surface area contributed by atoms with Crippen LogP contribution in [-0.4, -0.2) is 86.6 Å². The Bertz CT molecular complexity index is 799. The van der Waals surface area contributed by atoms with Crippen molar-refractivity contribution in [2.75, 3.05) is 50.6 Å². The van der Waals surface area contributed by atoms with E-state index in [1.807, 2.05) is 19.0 Å². The Morgan fingerprint density at radius 1 is 1.25 bits per heavy atom. The van der Waals surface area contributed by atoms with E-state index in [1.165, 1.54) is 12.1 Å². The monoisotopic (exact) mass is 423 g/mol. The van der Waals surface area contributed by atoms with Crippen molar-refractivity contribution >= 4 is 21.4 Å². The quantitative estimate of drug-likeness (QED) is 0.670. The molecule has 2 unspecified atom stereocenters. The summed E-state index contributed by atoms with van der Waals surface area (Å²) in [5.41, 5.74) is -0.890. The van der Waals surface area contributed by atoms with Gasteiger partial charge in [0.25, 0.3) is 0 Å². The predicted octanol–water partition coefficient (Wildman–Crippen LogP) is 0.665. The minimum Gasteiger partial charge on any atom is -0.390 e. The molecule has 1 aliphatic heterocycles. The lowest BCUT2D eigenvalue weighted by molar-refractivity contribution is -0.137. The zero-order valence-corrected chi connectivity index (χ0v) is 16.4. The first-order chi connectivity index (χ1) is 12.9. The molecule has 28 heavy (non-hydrogen) atoms. The number of alkyl halides is 3. The third kappa shape index (κ3) is 6.43. The van der Waals surface area contributed by atoms with Gasteiger partial charge in [0.05, 0.1) is 35.8 Å². The smallest absolute Gasteiger partial charge is 0.390 e. The van der Waals surface area contributed by atoms with Crippen LogP contribution in [0.3, 0.4) is 0 Å². The molecule has 0 aromatic heterocycles. The number of benzene rings is 1. The number of hydrogen-bond donors (Lipinski definition) is 2. The van der Waals surface area contributed by atoms with Gasteiger partial charge in [-0.3, -0.25) is 9.69 Å². The van der Waals surface area contributed by atoms with Crippen LogP contribution in [0.2, 0.25) is 0 Å². The summed E-state index contributed by atoms with van der Waals surface area (Å²) in [6.07, 6.45) is -5.64. The van der Waals surface area contributed by atoms with Crippen molar-refractivity contribution in [2.45, 2.75) is 18.3 Å². The Morgan fingerprint density at radius 2 is 1.93 bits per heavy atom. The third-order valence-corrected chi connectivity index (χ3v) is 6.12. The molecular formula is C17H24F3N3O4S. The SMILES string of the molecule is CN(C)CCN(CC(=O)Nc1cccc(C(F)(F)F)c1)C1CS(=O)(=O)CC1O. The second-order valence-electron chi connectivity index (χ2n) is 7.11.